The molecule has 0 aromatic heterocycles. The average molecular weight is 212 g/mol. The molecule has 1 rings (SSSR count). The second kappa shape index (κ2) is 3.85. The van der Waals surface area contributed by atoms with Crippen LogP contribution in [0.5, 0.6) is 0 Å². The number of rotatable bonds is 2. The molecule has 15 heavy (non-hydrogen) atoms. The van der Waals surface area contributed by atoms with Gasteiger partial charge < -0.3 is 5.11 Å². The van der Waals surface area contributed by atoms with E-state index in [1.54, 1.807) is 20.8 Å². The standard InChI is InChI=1S/C11H16O4/c1-6-4-11(2,3)10(15)8(9(6)14)7(13)5-12/h6,8,12H,4-5H2,1-3H3. The maximum Gasteiger partial charge on any atom is 0.176 e. The lowest BCUT2D eigenvalue weighted by Crippen LogP contribution is -2.49. The molecule has 0 heterocycles. The van der Waals surface area contributed by atoms with Crippen LogP contribution in [0.15, 0.2) is 0 Å². The molecule has 2 atom stereocenters. The molecule has 4 heteroatoms. The van der Waals surface area contributed by atoms with E-state index >= 15 is 0 Å². The van der Waals surface area contributed by atoms with E-state index in [4.69, 9.17) is 5.11 Å². The van der Waals surface area contributed by atoms with Gasteiger partial charge in [-0.2, -0.15) is 0 Å². The molecule has 0 aromatic carbocycles. The van der Waals surface area contributed by atoms with Crippen LogP contribution in [0.3, 0.4) is 0 Å². The summed E-state index contributed by atoms with van der Waals surface area (Å²) in [6.07, 6.45) is 0.472. The zero-order chi connectivity index (χ0) is 11.8. The second-order valence-corrected chi connectivity index (χ2v) is 4.81. The van der Waals surface area contributed by atoms with Crippen molar-refractivity contribution in [2.75, 3.05) is 6.61 Å². The van der Waals surface area contributed by atoms with Gasteiger partial charge in [0.05, 0.1) is 0 Å². The van der Waals surface area contributed by atoms with Gasteiger partial charge >= 0.3 is 0 Å². The Morgan fingerprint density at radius 2 is 2.00 bits per heavy atom. The number of Topliss-reactive ketones (excluding diaryl/α,β-unsaturated/α-hetero) is 3. The number of hydrogen-bond acceptors (Lipinski definition) is 4. The molecule has 1 aliphatic rings. The number of ketones is 3. The van der Waals surface area contributed by atoms with Crippen LogP contribution >= 0.6 is 0 Å². The SMILES string of the molecule is CC1CC(C)(C)C(=O)C(C(=O)CO)C1=O. The summed E-state index contributed by atoms with van der Waals surface area (Å²) >= 11 is 0. The fraction of sp³-hybridized carbons (Fsp3) is 0.727. The van der Waals surface area contributed by atoms with Crippen LogP contribution in [0.1, 0.15) is 27.2 Å². The van der Waals surface area contributed by atoms with Crippen molar-refractivity contribution in [3.8, 4) is 0 Å². The normalized spacial score (nSPS) is 30.4. The zero-order valence-electron chi connectivity index (χ0n) is 9.24. The van der Waals surface area contributed by atoms with Crippen LogP contribution < -0.4 is 0 Å². The van der Waals surface area contributed by atoms with E-state index in [-0.39, 0.29) is 17.5 Å². The van der Waals surface area contributed by atoms with Crippen molar-refractivity contribution in [1.29, 1.82) is 0 Å². The lowest BCUT2D eigenvalue weighted by molar-refractivity contribution is -0.151. The number of aliphatic hydroxyl groups is 1. The highest BCUT2D eigenvalue weighted by molar-refractivity contribution is 6.22. The van der Waals surface area contributed by atoms with Crippen molar-refractivity contribution in [2.24, 2.45) is 17.3 Å². The van der Waals surface area contributed by atoms with E-state index in [1.807, 2.05) is 0 Å². The Balaban J connectivity index is 3.06. The van der Waals surface area contributed by atoms with Gasteiger partial charge in [0.15, 0.2) is 17.3 Å². The van der Waals surface area contributed by atoms with E-state index in [2.05, 4.69) is 0 Å². The molecule has 0 spiro atoms. The molecule has 0 aliphatic heterocycles. The molecule has 0 radical (unpaired) electrons. The van der Waals surface area contributed by atoms with E-state index in [0.29, 0.717) is 6.42 Å². The topological polar surface area (TPSA) is 71.4 Å². The lowest BCUT2D eigenvalue weighted by atomic mass is 9.65. The van der Waals surface area contributed by atoms with E-state index < -0.39 is 23.7 Å². The number of hydrogen-bond donors (Lipinski definition) is 1. The Kier molecular flexibility index (Phi) is 3.09. The predicted molar refractivity (Wildman–Crippen MR) is 53.2 cm³/mol. The van der Waals surface area contributed by atoms with Gasteiger partial charge in [0.25, 0.3) is 0 Å². The highest BCUT2D eigenvalue weighted by Gasteiger charge is 2.48. The lowest BCUT2D eigenvalue weighted by Gasteiger charge is -2.35. The summed E-state index contributed by atoms with van der Waals surface area (Å²) in [5, 5.41) is 8.73. The van der Waals surface area contributed by atoms with Gasteiger partial charge in [-0.1, -0.05) is 20.8 Å². The third kappa shape index (κ3) is 2.00. The summed E-state index contributed by atoms with van der Waals surface area (Å²) in [5.41, 5.74) is -0.650. The minimum atomic E-state index is -1.24. The molecular formula is C11H16O4. The van der Waals surface area contributed by atoms with Crippen molar-refractivity contribution < 1.29 is 19.5 Å². The molecule has 0 amide bonds. The molecule has 0 aromatic rings. The third-order valence-electron chi connectivity index (χ3n) is 2.99. The molecule has 1 N–H and O–H groups in total. The van der Waals surface area contributed by atoms with Crippen LogP contribution in [0.25, 0.3) is 0 Å². The average Bonchev–Trinajstić information content (AvgIpc) is 2.14. The maximum atomic E-state index is 11.9. The van der Waals surface area contributed by atoms with Crippen molar-refractivity contribution in [1.82, 2.24) is 0 Å². The van der Waals surface area contributed by atoms with Crippen LogP contribution in [0, 0.1) is 17.3 Å². The summed E-state index contributed by atoms with van der Waals surface area (Å²) in [6, 6.07) is 0. The van der Waals surface area contributed by atoms with E-state index in [0.717, 1.165) is 0 Å². The van der Waals surface area contributed by atoms with Crippen molar-refractivity contribution in [2.45, 2.75) is 27.2 Å². The molecule has 1 fully saturated rings. The Morgan fingerprint density at radius 1 is 1.47 bits per heavy atom. The minimum Gasteiger partial charge on any atom is -0.389 e. The number of carbonyl (C=O) groups is 3. The zero-order valence-corrected chi connectivity index (χ0v) is 9.24. The Hall–Kier alpha value is -1.03. The molecule has 0 saturated heterocycles. The Morgan fingerprint density at radius 3 is 2.47 bits per heavy atom. The highest BCUT2D eigenvalue weighted by atomic mass is 16.3. The molecule has 1 aliphatic carbocycles. The van der Waals surface area contributed by atoms with Gasteiger partial charge in [-0.15, -0.1) is 0 Å². The molecule has 4 nitrogen and oxygen atoms in total. The van der Waals surface area contributed by atoms with Gasteiger partial charge in [0, 0.05) is 11.3 Å². The first-order valence-electron chi connectivity index (χ1n) is 5.03. The van der Waals surface area contributed by atoms with Gasteiger partial charge in [-0.05, 0) is 6.42 Å². The first-order valence-corrected chi connectivity index (χ1v) is 5.03. The molecule has 2 unspecified atom stereocenters. The smallest absolute Gasteiger partial charge is 0.176 e. The van der Waals surface area contributed by atoms with Crippen molar-refractivity contribution >= 4 is 17.3 Å². The molecule has 0 bridgehead atoms. The summed E-state index contributed by atoms with van der Waals surface area (Å²) < 4.78 is 0. The molecule has 1 saturated carbocycles. The minimum absolute atomic E-state index is 0.293. The van der Waals surface area contributed by atoms with E-state index in [9.17, 15) is 14.4 Å². The van der Waals surface area contributed by atoms with Crippen LogP contribution in [-0.2, 0) is 14.4 Å². The third-order valence-corrected chi connectivity index (χ3v) is 2.99. The van der Waals surface area contributed by atoms with Gasteiger partial charge in [0.2, 0.25) is 0 Å². The summed E-state index contributed by atoms with van der Waals surface area (Å²) in [5.74, 6) is -2.92. The van der Waals surface area contributed by atoms with Crippen molar-refractivity contribution in [3.63, 3.8) is 0 Å². The van der Waals surface area contributed by atoms with Gasteiger partial charge in [0.1, 0.15) is 12.5 Å². The van der Waals surface area contributed by atoms with E-state index in [1.165, 1.54) is 0 Å². The maximum absolute atomic E-state index is 11.9. The summed E-state index contributed by atoms with van der Waals surface area (Å²) in [7, 11) is 0. The molecule has 84 valence electrons. The summed E-state index contributed by atoms with van der Waals surface area (Å²) in [4.78, 5) is 34.9. The molecular weight excluding hydrogens is 196 g/mol. The Labute approximate surface area is 88.7 Å². The van der Waals surface area contributed by atoms with Crippen LogP contribution in [-0.4, -0.2) is 29.1 Å². The largest absolute Gasteiger partial charge is 0.389 e. The summed E-state index contributed by atoms with van der Waals surface area (Å²) in [6.45, 7) is 4.44. The van der Waals surface area contributed by atoms with Crippen LogP contribution in [0.4, 0.5) is 0 Å². The van der Waals surface area contributed by atoms with Crippen LogP contribution in [0.2, 0.25) is 0 Å². The monoisotopic (exact) mass is 212 g/mol. The second-order valence-electron chi connectivity index (χ2n) is 4.81. The number of carbonyl (C=O) groups excluding carboxylic acids is 3. The fourth-order valence-electron chi connectivity index (χ4n) is 2.17. The quantitative estimate of drug-likeness (QED) is 0.671. The van der Waals surface area contributed by atoms with Gasteiger partial charge in [-0.25, -0.2) is 0 Å². The predicted octanol–water partition coefficient (Wildman–Crippen LogP) is 0.368. The fourth-order valence-corrected chi connectivity index (χ4v) is 2.17. The first-order chi connectivity index (χ1) is 6.81. The highest BCUT2D eigenvalue weighted by Crippen LogP contribution is 2.37. The number of aliphatic hydroxyl groups excluding tert-OH is 1. The van der Waals surface area contributed by atoms with Gasteiger partial charge in [-0.3, -0.25) is 14.4 Å². The first kappa shape index (κ1) is 12.0. The van der Waals surface area contributed by atoms with Crippen molar-refractivity contribution in [3.05, 3.63) is 0 Å². The Bertz CT molecular complexity index is 317.